The fourth-order valence-corrected chi connectivity index (χ4v) is 4.06. The van der Waals surface area contributed by atoms with Gasteiger partial charge < -0.3 is 19.0 Å². The lowest BCUT2D eigenvalue weighted by Gasteiger charge is -2.24. The number of hydrogen-bond acceptors (Lipinski definition) is 6. The van der Waals surface area contributed by atoms with E-state index in [0.29, 0.717) is 37.7 Å². The summed E-state index contributed by atoms with van der Waals surface area (Å²) in [6, 6.07) is 21.2. The minimum absolute atomic E-state index is 0.479. The second-order valence-corrected chi connectivity index (χ2v) is 8.66. The molecular weight excluding hydrogens is 454 g/mol. The number of hydrogen-bond donors (Lipinski definition) is 1. The first-order chi connectivity index (χ1) is 17.6. The third-order valence-corrected chi connectivity index (χ3v) is 5.93. The number of rotatable bonds is 13. The average Bonchev–Trinajstić information content (AvgIpc) is 3.52. The number of aromatic nitrogens is 2. The molecule has 0 aliphatic heterocycles. The van der Waals surface area contributed by atoms with Gasteiger partial charge in [-0.1, -0.05) is 24.3 Å². The Morgan fingerprint density at radius 3 is 2.47 bits per heavy atom. The first-order valence-electron chi connectivity index (χ1n) is 12.1. The molecule has 4 rings (SSSR count). The van der Waals surface area contributed by atoms with Crippen molar-refractivity contribution in [1.82, 2.24) is 14.7 Å². The molecule has 4 aromatic rings. The molecule has 0 amide bonds. The molecule has 0 saturated carbocycles. The predicted molar refractivity (Wildman–Crippen MR) is 140 cm³/mol. The van der Waals surface area contributed by atoms with Crippen LogP contribution < -0.4 is 9.47 Å². The predicted octanol–water partition coefficient (Wildman–Crippen LogP) is 5.90. The lowest BCUT2D eigenvalue weighted by molar-refractivity contribution is 0.0939. The molecule has 0 bridgehead atoms. The fourth-order valence-electron chi connectivity index (χ4n) is 4.06. The zero-order valence-corrected chi connectivity index (χ0v) is 20.8. The number of benzene rings is 2. The molecule has 2 aromatic carbocycles. The highest BCUT2D eigenvalue weighted by molar-refractivity contribution is 5.44. The molecule has 1 atom stereocenters. The summed E-state index contributed by atoms with van der Waals surface area (Å²) in [5, 5.41) is 15.5. The van der Waals surface area contributed by atoms with Crippen molar-refractivity contribution in [2.45, 2.75) is 39.0 Å². The Morgan fingerprint density at radius 1 is 1.06 bits per heavy atom. The van der Waals surface area contributed by atoms with Crippen molar-refractivity contribution in [1.29, 1.82) is 0 Å². The number of aryl methyl sites for hydroxylation is 1. The summed E-state index contributed by atoms with van der Waals surface area (Å²) in [6.45, 7) is 7.31. The molecule has 0 spiro atoms. The number of nitrogens with zero attached hydrogens (tertiary/aromatic N) is 3. The van der Waals surface area contributed by atoms with Gasteiger partial charge in [-0.25, -0.2) is 4.68 Å². The van der Waals surface area contributed by atoms with Gasteiger partial charge in [-0.15, -0.1) is 6.58 Å². The zero-order chi connectivity index (χ0) is 25.3. The van der Waals surface area contributed by atoms with Crippen molar-refractivity contribution in [2.75, 3.05) is 13.7 Å². The number of para-hydroxylation sites is 1. The van der Waals surface area contributed by atoms with E-state index in [1.807, 2.05) is 84.4 Å². The Balaban J connectivity index is 1.68. The normalized spacial score (nSPS) is 12.0. The Bertz CT molecular complexity index is 1220. The lowest BCUT2D eigenvalue weighted by Crippen LogP contribution is -2.32. The maximum atomic E-state index is 10.7. The molecule has 2 aromatic heterocycles. The smallest absolute Gasteiger partial charge is 0.227 e. The number of furan rings is 1. The summed E-state index contributed by atoms with van der Waals surface area (Å²) < 4.78 is 19.2. The molecule has 2 heterocycles. The quantitative estimate of drug-likeness (QED) is 0.237. The molecule has 0 aliphatic rings. The monoisotopic (exact) mass is 487 g/mol. The van der Waals surface area contributed by atoms with Crippen molar-refractivity contribution in [2.24, 2.45) is 0 Å². The Morgan fingerprint density at radius 2 is 1.81 bits per heavy atom. The molecular formula is C29H33N3O4. The average molecular weight is 488 g/mol. The molecule has 0 fully saturated rings. The zero-order valence-electron chi connectivity index (χ0n) is 20.8. The van der Waals surface area contributed by atoms with Crippen molar-refractivity contribution >= 4 is 0 Å². The summed E-state index contributed by atoms with van der Waals surface area (Å²) in [4.78, 5) is 2.16. The van der Waals surface area contributed by atoms with Crippen LogP contribution in [0.15, 0.2) is 90.1 Å². The highest BCUT2D eigenvalue weighted by Crippen LogP contribution is 2.32. The highest BCUT2D eigenvalue weighted by atomic mass is 16.5. The van der Waals surface area contributed by atoms with Crippen LogP contribution in [-0.4, -0.2) is 39.5 Å². The van der Waals surface area contributed by atoms with E-state index in [4.69, 9.17) is 19.0 Å². The summed E-state index contributed by atoms with van der Waals surface area (Å²) >= 11 is 0. The van der Waals surface area contributed by atoms with Gasteiger partial charge in [0.15, 0.2) is 0 Å². The molecule has 36 heavy (non-hydrogen) atoms. The summed E-state index contributed by atoms with van der Waals surface area (Å²) in [5.41, 5.74) is 2.70. The van der Waals surface area contributed by atoms with Gasteiger partial charge >= 0.3 is 0 Å². The van der Waals surface area contributed by atoms with E-state index in [-0.39, 0.29) is 0 Å². The van der Waals surface area contributed by atoms with Gasteiger partial charge in [-0.2, -0.15) is 5.10 Å². The van der Waals surface area contributed by atoms with Gasteiger partial charge in [0.1, 0.15) is 17.3 Å². The number of methoxy groups -OCH3 is 1. The molecule has 0 unspecified atom stereocenters. The SMILES string of the molecule is C=CCC[C@H](O)CN(Cc1ccco1)Cc1c(C)nn(-c2ccccc2)c1Oc1ccc(OC)cc1. The van der Waals surface area contributed by atoms with Crippen molar-refractivity contribution in [3.63, 3.8) is 0 Å². The van der Waals surface area contributed by atoms with E-state index in [1.165, 1.54) is 0 Å². The number of ether oxygens (including phenoxy) is 2. The van der Waals surface area contributed by atoms with Crippen LogP contribution in [0.25, 0.3) is 5.69 Å². The van der Waals surface area contributed by atoms with Crippen LogP contribution >= 0.6 is 0 Å². The van der Waals surface area contributed by atoms with E-state index in [2.05, 4.69) is 11.5 Å². The van der Waals surface area contributed by atoms with Gasteiger partial charge in [0.2, 0.25) is 5.88 Å². The minimum atomic E-state index is -0.492. The van der Waals surface area contributed by atoms with E-state index in [9.17, 15) is 5.11 Å². The Labute approximate surface area is 212 Å². The molecule has 188 valence electrons. The van der Waals surface area contributed by atoms with Crippen LogP contribution in [0, 0.1) is 6.92 Å². The lowest BCUT2D eigenvalue weighted by atomic mass is 10.1. The van der Waals surface area contributed by atoms with Gasteiger partial charge in [-0.3, -0.25) is 4.90 Å². The van der Waals surface area contributed by atoms with E-state index in [1.54, 1.807) is 13.4 Å². The largest absolute Gasteiger partial charge is 0.497 e. The van der Waals surface area contributed by atoms with Gasteiger partial charge in [-0.05, 0) is 68.3 Å². The summed E-state index contributed by atoms with van der Waals surface area (Å²) in [5.74, 6) is 2.90. The van der Waals surface area contributed by atoms with Crippen molar-refractivity contribution < 1.29 is 19.0 Å². The summed E-state index contributed by atoms with van der Waals surface area (Å²) in [7, 11) is 1.64. The first kappa shape index (κ1) is 25.3. The molecule has 7 nitrogen and oxygen atoms in total. The van der Waals surface area contributed by atoms with Crippen LogP contribution in [0.1, 0.15) is 29.9 Å². The highest BCUT2D eigenvalue weighted by Gasteiger charge is 2.23. The standard InChI is InChI=1S/C29H33N3O4/c1-4-5-12-24(33)19-31(20-27-13-9-18-35-27)21-28-22(2)30-32(23-10-7-6-8-11-23)29(28)36-26-16-14-25(34-3)15-17-26/h4,6-11,13-18,24,33H,1,5,12,19-21H2,2-3H3/t24-/m0/s1. The molecule has 0 saturated heterocycles. The number of allylic oxidation sites excluding steroid dienone is 1. The number of aliphatic hydroxyl groups excluding tert-OH is 1. The summed E-state index contributed by atoms with van der Waals surface area (Å²) in [6.07, 6.45) is 4.41. The topological polar surface area (TPSA) is 72.9 Å². The molecule has 7 heteroatoms. The fraction of sp³-hybridized carbons (Fsp3) is 0.276. The molecule has 0 radical (unpaired) electrons. The van der Waals surface area contributed by atoms with Crippen LogP contribution in [0.3, 0.4) is 0 Å². The maximum Gasteiger partial charge on any atom is 0.227 e. The first-order valence-corrected chi connectivity index (χ1v) is 12.1. The number of aliphatic hydroxyl groups is 1. The third-order valence-electron chi connectivity index (χ3n) is 5.93. The van der Waals surface area contributed by atoms with E-state index in [0.717, 1.165) is 34.9 Å². The van der Waals surface area contributed by atoms with E-state index >= 15 is 0 Å². The van der Waals surface area contributed by atoms with Gasteiger partial charge in [0.05, 0.1) is 43.0 Å². The van der Waals surface area contributed by atoms with Crippen LogP contribution in [0.5, 0.6) is 17.4 Å². The Kier molecular flexibility index (Phi) is 8.60. The van der Waals surface area contributed by atoms with Crippen LogP contribution in [0.4, 0.5) is 0 Å². The molecule has 0 aliphatic carbocycles. The Hall–Kier alpha value is -3.81. The maximum absolute atomic E-state index is 10.7. The van der Waals surface area contributed by atoms with Crippen LogP contribution in [0.2, 0.25) is 0 Å². The van der Waals surface area contributed by atoms with Gasteiger partial charge in [0.25, 0.3) is 0 Å². The van der Waals surface area contributed by atoms with E-state index < -0.39 is 6.10 Å². The van der Waals surface area contributed by atoms with Crippen LogP contribution in [-0.2, 0) is 13.1 Å². The minimum Gasteiger partial charge on any atom is -0.497 e. The third kappa shape index (κ3) is 6.44. The van der Waals surface area contributed by atoms with Crippen molar-refractivity contribution in [3.05, 3.63) is 103 Å². The second-order valence-electron chi connectivity index (χ2n) is 8.66. The second kappa shape index (κ2) is 12.2. The molecule has 1 N–H and O–H groups in total. The van der Waals surface area contributed by atoms with Gasteiger partial charge in [0, 0.05) is 13.1 Å². The van der Waals surface area contributed by atoms with Crippen molar-refractivity contribution in [3.8, 4) is 23.1 Å².